The van der Waals surface area contributed by atoms with E-state index >= 15 is 0 Å². The summed E-state index contributed by atoms with van der Waals surface area (Å²) in [4.78, 5) is 23.2. The second-order valence-corrected chi connectivity index (χ2v) is 8.43. The number of likely N-dealkylation sites (N-methyl/N-ethyl adjacent to an activating group) is 1. The van der Waals surface area contributed by atoms with E-state index in [0.29, 0.717) is 24.4 Å². The minimum atomic E-state index is 0.484. The maximum Gasteiger partial charge on any atom is 0.235 e. The number of amidine groups is 1. The zero-order valence-corrected chi connectivity index (χ0v) is 19.0. The molecule has 0 aliphatic carbocycles. The smallest absolute Gasteiger partial charge is 0.235 e. The summed E-state index contributed by atoms with van der Waals surface area (Å²) in [5.41, 5.74) is 4.53. The third-order valence-corrected chi connectivity index (χ3v) is 5.83. The van der Waals surface area contributed by atoms with Gasteiger partial charge in [-0.05, 0) is 43.3 Å². The van der Waals surface area contributed by atoms with Gasteiger partial charge < -0.3 is 20.4 Å². The monoisotopic (exact) mass is 440 g/mol. The summed E-state index contributed by atoms with van der Waals surface area (Å²) in [6.07, 6.45) is 2.06. The summed E-state index contributed by atoms with van der Waals surface area (Å²) in [6.45, 7) is 6.44. The fourth-order valence-corrected chi connectivity index (χ4v) is 3.83. The molecule has 8 heteroatoms. The molecule has 2 aliphatic heterocycles. The lowest BCUT2D eigenvalue weighted by atomic mass is 10.1. The molecule has 0 atom stereocenters. The van der Waals surface area contributed by atoms with E-state index in [-0.39, 0.29) is 0 Å². The summed E-state index contributed by atoms with van der Waals surface area (Å²) < 4.78 is 0. The average molecular weight is 441 g/mol. The fourth-order valence-electron chi connectivity index (χ4n) is 3.83. The summed E-state index contributed by atoms with van der Waals surface area (Å²) in [7, 11) is 2.14. The molecular weight excluding hydrogens is 412 g/mol. The van der Waals surface area contributed by atoms with Crippen LogP contribution in [0.5, 0.6) is 0 Å². The molecule has 0 spiro atoms. The van der Waals surface area contributed by atoms with Gasteiger partial charge in [0.1, 0.15) is 5.84 Å². The molecule has 1 aromatic heterocycles. The van der Waals surface area contributed by atoms with Crippen molar-refractivity contribution in [3.05, 3.63) is 71.8 Å². The van der Waals surface area contributed by atoms with Gasteiger partial charge in [0.2, 0.25) is 17.8 Å². The van der Waals surface area contributed by atoms with Crippen molar-refractivity contribution in [3.63, 3.8) is 0 Å². The first-order valence-corrected chi connectivity index (χ1v) is 11.2. The molecule has 1 saturated heterocycles. The minimum Gasteiger partial charge on any atom is -0.338 e. The maximum atomic E-state index is 4.72. The van der Waals surface area contributed by atoms with Crippen LogP contribution in [0.25, 0.3) is 5.57 Å². The summed E-state index contributed by atoms with van der Waals surface area (Å²) in [5.74, 6) is 2.42. The van der Waals surface area contributed by atoms with Crippen LogP contribution in [0.4, 0.5) is 23.5 Å². The minimum absolute atomic E-state index is 0.484. The van der Waals surface area contributed by atoms with Gasteiger partial charge >= 0.3 is 0 Å². The number of aliphatic imine (C=N–C) groups is 1. The molecule has 3 aromatic rings. The quantitative estimate of drug-likeness (QED) is 0.628. The Morgan fingerprint density at radius 1 is 0.788 bits per heavy atom. The SMILES string of the molecule is Cc1ccc(C2=CC(Nc3nc(Nc4ccccc4)nc(N4CCN(C)CC4)n3)=NC2)cc1. The Morgan fingerprint density at radius 3 is 2.21 bits per heavy atom. The largest absolute Gasteiger partial charge is 0.338 e. The molecule has 1 fully saturated rings. The van der Waals surface area contributed by atoms with Crippen molar-refractivity contribution in [1.29, 1.82) is 0 Å². The van der Waals surface area contributed by atoms with Gasteiger partial charge in [0.25, 0.3) is 0 Å². The molecule has 5 rings (SSSR count). The molecule has 2 aliphatic rings. The van der Waals surface area contributed by atoms with E-state index in [0.717, 1.165) is 37.7 Å². The lowest BCUT2D eigenvalue weighted by Crippen LogP contribution is -2.45. The van der Waals surface area contributed by atoms with E-state index in [1.807, 2.05) is 30.3 Å². The van der Waals surface area contributed by atoms with Crippen molar-refractivity contribution in [2.75, 3.05) is 55.3 Å². The molecule has 0 radical (unpaired) electrons. The molecule has 0 saturated carbocycles. The summed E-state index contributed by atoms with van der Waals surface area (Å²) in [6, 6.07) is 18.4. The number of anilines is 4. The first-order valence-electron chi connectivity index (χ1n) is 11.2. The zero-order chi connectivity index (χ0) is 22.6. The zero-order valence-electron chi connectivity index (χ0n) is 19.0. The van der Waals surface area contributed by atoms with E-state index < -0.39 is 0 Å². The van der Waals surface area contributed by atoms with Gasteiger partial charge in [0.15, 0.2) is 0 Å². The molecular formula is C25H28N8. The maximum absolute atomic E-state index is 4.72. The Labute approximate surface area is 194 Å². The molecule has 168 valence electrons. The number of hydrogen-bond acceptors (Lipinski definition) is 8. The number of hydrogen-bond donors (Lipinski definition) is 2. The van der Waals surface area contributed by atoms with Crippen molar-refractivity contribution in [3.8, 4) is 0 Å². The van der Waals surface area contributed by atoms with Gasteiger partial charge in [-0.25, -0.2) is 0 Å². The van der Waals surface area contributed by atoms with Crippen LogP contribution in [0.2, 0.25) is 0 Å². The first-order chi connectivity index (χ1) is 16.1. The van der Waals surface area contributed by atoms with Crippen LogP contribution in [0.1, 0.15) is 11.1 Å². The van der Waals surface area contributed by atoms with Crippen molar-refractivity contribution in [2.45, 2.75) is 6.92 Å². The van der Waals surface area contributed by atoms with Gasteiger partial charge in [-0.2, -0.15) is 15.0 Å². The van der Waals surface area contributed by atoms with E-state index in [2.05, 4.69) is 74.7 Å². The molecule has 33 heavy (non-hydrogen) atoms. The van der Waals surface area contributed by atoms with Crippen LogP contribution >= 0.6 is 0 Å². The molecule has 2 aromatic carbocycles. The number of aryl methyl sites for hydroxylation is 1. The Kier molecular flexibility index (Phi) is 5.99. The Bertz CT molecular complexity index is 1160. The highest BCUT2D eigenvalue weighted by Crippen LogP contribution is 2.22. The van der Waals surface area contributed by atoms with Gasteiger partial charge in [-0.1, -0.05) is 48.0 Å². The predicted molar refractivity (Wildman–Crippen MR) is 134 cm³/mol. The first kappa shape index (κ1) is 21.1. The molecule has 0 bridgehead atoms. The third-order valence-electron chi connectivity index (χ3n) is 5.83. The van der Waals surface area contributed by atoms with E-state index in [1.54, 1.807) is 0 Å². The van der Waals surface area contributed by atoms with Gasteiger partial charge in [0.05, 0.1) is 6.54 Å². The van der Waals surface area contributed by atoms with Gasteiger partial charge in [0, 0.05) is 31.9 Å². The van der Waals surface area contributed by atoms with Crippen molar-refractivity contribution >= 4 is 34.9 Å². The van der Waals surface area contributed by atoms with E-state index in [9.17, 15) is 0 Å². The Balaban J connectivity index is 1.39. The number of rotatable bonds is 5. The van der Waals surface area contributed by atoms with E-state index in [4.69, 9.17) is 9.97 Å². The van der Waals surface area contributed by atoms with Gasteiger partial charge in [-0.3, -0.25) is 4.99 Å². The van der Waals surface area contributed by atoms with Crippen molar-refractivity contribution in [2.24, 2.45) is 4.99 Å². The van der Waals surface area contributed by atoms with Crippen LogP contribution in [-0.4, -0.2) is 65.5 Å². The highest BCUT2D eigenvalue weighted by Gasteiger charge is 2.19. The third kappa shape index (κ3) is 5.18. The molecule has 0 amide bonds. The van der Waals surface area contributed by atoms with Crippen LogP contribution in [0.15, 0.2) is 65.7 Å². The van der Waals surface area contributed by atoms with Crippen molar-refractivity contribution in [1.82, 2.24) is 19.9 Å². The number of piperazine rings is 1. The number of benzene rings is 2. The molecule has 0 unspecified atom stereocenters. The summed E-state index contributed by atoms with van der Waals surface area (Å²) >= 11 is 0. The highest BCUT2D eigenvalue weighted by atomic mass is 15.4. The van der Waals surface area contributed by atoms with Crippen LogP contribution < -0.4 is 15.5 Å². The topological polar surface area (TPSA) is 81.6 Å². The number of aromatic nitrogens is 3. The molecule has 8 nitrogen and oxygen atoms in total. The lowest BCUT2D eigenvalue weighted by Gasteiger charge is -2.32. The predicted octanol–water partition coefficient (Wildman–Crippen LogP) is 3.58. The van der Waals surface area contributed by atoms with Crippen molar-refractivity contribution < 1.29 is 0 Å². The second kappa shape index (κ2) is 9.38. The Morgan fingerprint density at radius 2 is 1.48 bits per heavy atom. The molecule has 3 heterocycles. The standard InChI is InChI=1S/C25H28N8/c1-18-8-10-19(11-9-18)20-16-22(26-17-20)28-24-29-23(27-21-6-4-3-5-7-21)30-25(31-24)33-14-12-32(2)13-15-33/h3-11,16H,12-15,17H2,1-2H3,(H2,26,27,28,29,30,31). The normalized spacial score (nSPS) is 16.4. The van der Waals surface area contributed by atoms with Crippen LogP contribution in [-0.2, 0) is 0 Å². The molecule has 2 N–H and O–H groups in total. The second-order valence-electron chi connectivity index (χ2n) is 8.43. The van der Waals surface area contributed by atoms with Gasteiger partial charge in [-0.15, -0.1) is 0 Å². The van der Waals surface area contributed by atoms with Crippen LogP contribution in [0.3, 0.4) is 0 Å². The fraction of sp³-hybridized carbons (Fsp3) is 0.280. The number of nitrogens with one attached hydrogen (secondary N) is 2. The number of nitrogens with zero attached hydrogens (tertiary/aromatic N) is 6. The lowest BCUT2D eigenvalue weighted by molar-refractivity contribution is 0.311. The highest BCUT2D eigenvalue weighted by molar-refractivity contribution is 6.10. The number of para-hydroxylation sites is 1. The van der Waals surface area contributed by atoms with E-state index in [1.165, 1.54) is 16.7 Å². The summed E-state index contributed by atoms with van der Waals surface area (Å²) in [5, 5.41) is 6.60. The average Bonchev–Trinajstić information content (AvgIpc) is 3.29. The Hall–Kier alpha value is -3.78. The van der Waals surface area contributed by atoms with Crippen LogP contribution in [0, 0.1) is 6.92 Å².